The molecule has 0 amide bonds. The summed E-state index contributed by atoms with van der Waals surface area (Å²) in [6.45, 7) is 4.71. The minimum Gasteiger partial charge on any atom is -0.404 e. The van der Waals surface area contributed by atoms with Crippen LogP contribution >= 0.6 is 0 Å². The van der Waals surface area contributed by atoms with Gasteiger partial charge in [-0.1, -0.05) is 0 Å². The monoisotopic (exact) mass is 486 g/mol. The molecule has 2 atom stereocenters. The number of hydrogen-bond donors (Lipinski definition) is 2. The van der Waals surface area contributed by atoms with E-state index in [4.69, 9.17) is 16.1 Å². The lowest BCUT2D eigenvalue weighted by Gasteiger charge is -2.42. The molecule has 0 aliphatic carbocycles. The summed E-state index contributed by atoms with van der Waals surface area (Å²) in [6, 6.07) is 1.82. The topological polar surface area (TPSA) is 114 Å². The molecule has 0 saturated carbocycles. The van der Waals surface area contributed by atoms with Crippen LogP contribution in [0.15, 0.2) is 42.6 Å². The van der Waals surface area contributed by atoms with Crippen LogP contribution in [0.2, 0.25) is 0 Å². The third-order valence-electron chi connectivity index (χ3n) is 6.74. The average molecular weight is 487 g/mol. The van der Waals surface area contributed by atoms with E-state index < -0.39 is 11.9 Å². The standard InChI is InChI=1S/C23H26F3N9/c24-23(25,26)19-14-35-18(9-31-21(35)10-30-19)22-29-3-2-20(32-22)34-12-15(11-33-4-1-5-33)6-16(13-34)17(7-27)8-28/h2-3,7-10,14-16,27H,1,4-6,11-13,28H2/p+1/b17-8+,27-7?. The minimum atomic E-state index is -4.57. The van der Waals surface area contributed by atoms with Crippen LogP contribution in [-0.2, 0) is 6.18 Å². The van der Waals surface area contributed by atoms with Crippen LogP contribution in [0, 0.1) is 11.8 Å². The number of hydrogen-bond acceptors (Lipinski definition) is 7. The molecule has 12 heteroatoms. The van der Waals surface area contributed by atoms with Crippen molar-refractivity contribution < 1.29 is 18.6 Å². The number of piperidine rings is 1. The van der Waals surface area contributed by atoms with Crippen LogP contribution in [0.3, 0.4) is 0 Å². The van der Waals surface area contributed by atoms with Gasteiger partial charge in [-0.3, -0.25) is 9.81 Å². The highest BCUT2D eigenvalue weighted by Gasteiger charge is 2.34. The van der Waals surface area contributed by atoms with Gasteiger partial charge in [-0.05, 0) is 37.9 Å². The normalized spacial score (nSPS) is 21.8. The number of likely N-dealkylation sites (tertiary alicyclic amines) is 1. The van der Waals surface area contributed by atoms with E-state index in [9.17, 15) is 13.2 Å². The summed E-state index contributed by atoms with van der Waals surface area (Å²) in [6.07, 6.45) is 5.84. The van der Waals surface area contributed by atoms with E-state index >= 15 is 0 Å². The van der Waals surface area contributed by atoms with Crippen molar-refractivity contribution in [3.63, 3.8) is 0 Å². The Morgan fingerprint density at radius 3 is 2.69 bits per heavy atom. The lowest BCUT2D eigenvalue weighted by Crippen LogP contribution is -2.49. The van der Waals surface area contributed by atoms with Crippen LogP contribution in [0.1, 0.15) is 18.5 Å². The van der Waals surface area contributed by atoms with Crippen molar-refractivity contribution in [1.82, 2.24) is 29.2 Å². The molecule has 5 rings (SSSR count). The Labute approximate surface area is 200 Å². The molecule has 3 aromatic rings. The van der Waals surface area contributed by atoms with Crippen LogP contribution in [0.25, 0.3) is 17.2 Å². The molecule has 5 heterocycles. The van der Waals surface area contributed by atoms with Crippen molar-refractivity contribution in [2.45, 2.75) is 19.0 Å². The molecule has 3 aromatic heterocycles. The SMILES string of the molecule is N/C=C(\C=[NH2+])C1CC(CN2CCC2)CN(c2ccnc(-c3cnc4cnc(C(F)(F)F)cn34)n2)C1. The third-order valence-corrected chi connectivity index (χ3v) is 6.74. The highest BCUT2D eigenvalue weighted by atomic mass is 19.4. The summed E-state index contributed by atoms with van der Waals surface area (Å²) < 4.78 is 41.0. The van der Waals surface area contributed by atoms with Gasteiger partial charge in [0.15, 0.2) is 23.4 Å². The smallest absolute Gasteiger partial charge is 0.404 e. The minimum absolute atomic E-state index is 0.152. The van der Waals surface area contributed by atoms with Gasteiger partial charge in [-0.2, -0.15) is 13.2 Å². The Morgan fingerprint density at radius 2 is 2.00 bits per heavy atom. The van der Waals surface area contributed by atoms with Gasteiger partial charge in [-0.25, -0.2) is 19.9 Å². The van der Waals surface area contributed by atoms with Gasteiger partial charge in [0.2, 0.25) is 0 Å². The van der Waals surface area contributed by atoms with E-state index in [1.165, 1.54) is 17.0 Å². The summed E-state index contributed by atoms with van der Waals surface area (Å²) in [5.74, 6) is 1.54. The first-order chi connectivity index (χ1) is 16.9. The number of anilines is 1. The van der Waals surface area contributed by atoms with Gasteiger partial charge in [0.25, 0.3) is 0 Å². The zero-order valence-corrected chi connectivity index (χ0v) is 19.1. The fourth-order valence-electron chi connectivity index (χ4n) is 4.87. The second-order valence-electron chi connectivity index (χ2n) is 9.07. The maximum atomic E-state index is 13.2. The van der Waals surface area contributed by atoms with E-state index in [1.54, 1.807) is 18.6 Å². The molecule has 2 aliphatic heterocycles. The molecule has 4 N–H and O–H groups in total. The maximum absolute atomic E-state index is 13.2. The summed E-state index contributed by atoms with van der Waals surface area (Å²) in [5.41, 5.74) is 6.37. The third kappa shape index (κ3) is 4.70. The van der Waals surface area contributed by atoms with Crippen molar-refractivity contribution in [2.75, 3.05) is 37.6 Å². The summed E-state index contributed by atoms with van der Waals surface area (Å²) in [7, 11) is 0. The summed E-state index contributed by atoms with van der Waals surface area (Å²) >= 11 is 0. The Hall–Kier alpha value is -3.54. The molecule has 35 heavy (non-hydrogen) atoms. The number of imidazole rings is 1. The highest BCUT2D eigenvalue weighted by Crippen LogP contribution is 2.32. The maximum Gasteiger partial charge on any atom is 0.434 e. The van der Waals surface area contributed by atoms with E-state index in [0.29, 0.717) is 24.0 Å². The molecule has 0 radical (unpaired) electrons. The molecule has 2 unspecified atom stereocenters. The first-order valence-electron chi connectivity index (χ1n) is 11.5. The van der Waals surface area contributed by atoms with Crippen LogP contribution in [-0.4, -0.2) is 68.2 Å². The van der Waals surface area contributed by atoms with Gasteiger partial charge in [0.05, 0.1) is 12.4 Å². The van der Waals surface area contributed by atoms with Crippen molar-refractivity contribution in [3.8, 4) is 11.5 Å². The van der Waals surface area contributed by atoms with Gasteiger partial charge >= 0.3 is 6.18 Å². The molecule has 9 nitrogen and oxygen atoms in total. The lowest BCUT2D eigenvalue weighted by atomic mass is 9.84. The van der Waals surface area contributed by atoms with Gasteiger partial charge in [0, 0.05) is 49.7 Å². The highest BCUT2D eigenvalue weighted by molar-refractivity contribution is 5.74. The van der Waals surface area contributed by atoms with E-state index in [1.807, 2.05) is 6.07 Å². The molecular formula is C23H27F3N9+. The Balaban J connectivity index is 1.46. The lowest BCUT2D eigenvalue weighted by molar-refractivity contribution is -0.141. The first-order valence-corrected chi connectivity index (χ1v) is 11.5. The number of nitrogens with zero attached hydrogens (tertiary/aromatic N) is 7. The number of alkyl halides is 3. The van der Waals surface area contributed by atoms with Crippen molar-refractivity contribution in [3.05, 3.63) is 48.3 Å². The molecule has 184 valence electrons. The zero-order chi connectivity index (χ0) is 24.6. The average Bonchev–Trinajstić information content (AvgIpc) is 3.25. The molecule has 0 bridgehead atoms. The number of aromatic nitrogens is 5. The van der Waals surface area contributed by atoms with E-state index in [2.05, 4.69) is 24.8 Å². The fraction of sp³-hybridized carbons (Fsp3) is 0.435. The predicted molar refractivity (Wildman–Crippen MR) is 124 cm³/mol. The van der Waals surface area contributed by atoms with E-state index in [0.717, 1.165) is 50.6 Å². The molecule has 0 spiro atoms. The van der Waals surface area contributed by atoms with Crippen LogP contribution in [0.4, 0.5) is 19.0 Å². The largest absolute Gasteiger partial charge is 0.434 e. The number of fused-ring (bicyclic) bond motifs is 1. The van der Waals surface area contributed by atoms with Gasteiger partial charge in [0.1, 0.15) is 11.5 Å². The quantitative estimate of drug-likeness (QED) is 0.500. The Bertz CT molecular complexity index is 1250. The number of rotatable bonds is 6. The first kappa shape index (κ1) is 23.2. The number of halogens is 3. The Morgan fingerprint density at radius 1 is 1.17 bits per heavy atom. The fourth-order valence-corrected chi connectivity index (χ4v) is 4.87. The Kier molecular flexibility index (Phi) is 6.13. The molecule has 2 fully saturated rings. The molecule has 0 aromatic carbocycles. The van der Waals surface area contributed by atoms with Crippen LogP contribution in [0.5, 0.6) is 0 Å². The van der Waals surface area contributed by atoms with Gasteiger partial charge < -0.3 is 15.5 Å². The molecule has 2 aliphatic rings. The molecular weight excluding hydrogens is 459 g/mol. The van der Waals surface area contributed by atoms with E-state index in [-0.39, 0.29) is 17.4 Å². The van der Waals surface area contributed by atoms with Crippen LogP contribution < -0.4 is 16.0 Å². The van der Waals surface area contributed by atoms with Crippen molar-refractivity contribution >= 4 is 17.7 Å². The second kappa shape index (κ2) is 9.25. The predicted octanol–water partition coefficient (Wildman–Crippen LogP) is 1.03. The summed E-state index contributed by atoms with van der Waals surface area (Å²) in [4.78, 5) is 21.3. The number of nitrogens with two attached hydrogens (primary N) is 2. The van der Waals surface area contributed by atoms with Crippen molar-refractivity contribution in [2.24, 2.45) is 17.6 Å². The second-order valence-corrected chi connectivity index (χ2v) is 9.07. The van der Waals surface area contributed by atoms with Gasteiger partial charge in [-0.15, -0.1) is 0 Å². The molecule has 2 saturated heterocycles. The zero-order valence-electron chi connectivity index (χ0n) is 19.1. The van der Waals surface area contributed by atoms with Crippen molar-refractivity contribution in [1.29, 1.82) is 0 Å². The summed E-state index contributed by atoms with van der Waals surface area (Å²) in [5, 5.41) is 5.84.